The number of methoxy groups -OCH3 is 2. The van der Waals surface area contributed by atoms with Gasteiger partial charge in [0.25, 0.3) is 0 Å². The molecule has 0 aromatic heterocycles. The minimum Gasteiger partial charge on any atom is -0.465 e. The summed E-state index contributed by atoms with van der Waals surface area (Å²) >= 11 is 0. The molecule has 0 heterocycles. The summed E-state index contributed by atoms with van der Waals surface area (Å²) < 4.78 is 15.3. The lowest BCUT2D eigenvalue weighted by atomic mass is 10.1. The number of esters is 2. The van der Waals surface area contributed by atoms with Crippen molar-refractivity contribution in [3.8, 4) is 0 Å². The fourth-order valence-corrected chi connectivity index (χ4v) is 2.36. The van der Waals surface area contributed by atoms with Gasteiger partial charge in [0.2, 0.25) is 0 Å². The van der Waals surface area contributed by atoms with Gasteiger partial charge in [-0.1, -0.05) is 0 Å². The molecule has 1 aromatic rings. The van der Waals surface area contributed by atoms with Gasteiger partial charge in [-0.3, -0.25) is 0 Å². The smallest absolute Gasteiger partial charge is 0.338 e. The Kier molecular flexibility index (Phi) is 4.74. The van der Waals surface area contributed by atoms with E-state index in [9.17, 15) is 9.59 Å². The monoisotopic (exact) mass is 278 g/mol. The minimum absolute atomic E-state index is 0.0201. The van der Waals surface area contributed by atoms with E-state index >= 15 is 0 Å². The van der Waals surface area contributed by atoms with E-state index in [0.717, 1.165) is 19.3 Å². The van der Waals surface area contributed by atoms with E-state index in [1.165, 1.54) is 7.11 Å². The van der Waals surface area contributed by atoms with Crippen LogP contribution in [0.1, 0.15) is 40.0 Å². The van der Waals surface area contributed by atoms with Crippen molar-refractivity contribution in [1.82, 2.24) is 0 Å². The number of rotatable bonds is 4. The van der Waals surface area contributed by atoms with Crippen LogP contribution < -0.4 is 0 Å². The highest BCUT2D eigenvalue weighted by Crippen LogP contribution is 2.25. The summed E-state index contributed by atoms with van der Waals surface area (Å²) in [5, 5.41) is 0. The highest BCUT2D eigenvalue weighted by molar-refractivity contribution is 5.93. The number of benzene rings is 1. The van der Waals surface area contributed by atoms with E-state index in [1.807, 2.05) is 0 Å². The third kappa shape index (κ3) is 3.17. The van der Waals surface area contributed by atoms with Crippen LogP contribution in [0.3, 0.4) is 0 Å². The topological polar surface area (TPSA) is 61.8 Å². The van der Waals surface area contributed by atoms with Gasteiger partial charge in [-0.05, 0) is 43.5 Å². The second-order valence-corrected chi connectivity index (χ2v) is 4.72. The van der Waals surface area contributed by atoms with Crippen LogP contribution >= 0.6 is 0 Å². The van der Waals surface area contributed by atoms with Gasteiger partial charge in [-0.15, -0.1) is 0 Å². The molecule has 0 N–H and O–H groups in total. The van der Waals surface area contributed by atoms with Crippen molar-refractivity contribution in [3.05, 3.63) is 35.4 Å². The van der Waals surface area contributed by atoms with Gasteiger partial charge in [0.1, 0.15) is 6.10 Å². The van der Waals surface area contributed by atoms with Crippen LogP contribution in [0.5, 0.6) is 0 Å². The maximum absolute atomic E-state index is 12.0. The largest absolute Gasteiger partial charge is 0.465 e. The third-order valence-corrected chi connectivity index (χ3v) is 3.49. The van der Waals surface area contributed by atoms with Crippen LogP contribution in [0.15, 0.2) is 24.3 Å². The molecule has 108 valence electrons. The van der Waals surface area contributed by atoms with Gasteiger partial charge in [0.15, 0.2) is 0 Å². The predicted molar refractivity (Wildman–Crippen MR) is 71.6 cm³/mol. The van der Waals surface area contributed by atoms with E-state index in [2.05, 4.69) is 4.74 Å². The summed E-state index contributed by atoms with van der Waals surface area (Å²) in [4.78, 5) is 23.3. The molecule has 1 aliphatic rings. The van der Waals surface area contributed by atoms with Crippen molar-refractivity contribution in [2.75, 3.05) is 14.2 Å². The van der Waals surface area contributed by atoms with Crippen LogP contribution in [0.2, 0.25) is 0 Å². The highest BCUT2D eigenvalue weighted by Gasteiger charge is 2.30. The molecule has 0 unspecified atom stereocenters. The van der Waals surface area contributed by atoms with E-state index in [-0.39, 0.29) is 12.2 Å². The first-order chi connectivity index (χ1) is 9.65. The van der Waals surface area contributed by atoms with E-state index in [0.29, 0.717) is 11.1 Å². The van der Waals surface area contributed by atoms with Crippen molar-refractivity contribution >= 4 is 11.9 Å². The second kappa shape index (κ2) is 6.52. The first-order valence-electron chi connectivity index (χ1n) is 6.58. The Bertz CT molecular complexity index is 480. The highest BCUT2D eigenvalue weighted by atomic mass is 16.6. The summed E-state index contributed by atoms with van der Waals surface area (Å²) in [5.41, 5.74) is 0.819. The zero-order valence-corrected chi connectivity index (χ0v) is 11.6. The molecule has 0 saturated heterocycles. The van der Waals surface area contributed by atoms with Crippen LogP contribution in [0, 0.1) is 0 Å². The van der Waals surface area contributed by atoms with Crippen molar-refractivity contribution in [2.45, 2.75) is 31.5 Å². The maximum atomic E-state index is 12.0. The number of carbonyl (C=O) groups excluding carboxylic acids is 2. The van der Waals surface area contributed by atoms with E-state index in [4.69, 9.17) is 9.47 Å². The first kappa shape index (κ1) is 14.5. The number of hydrogen-bond donors (Lipinski definition) is 0. The lowest BCUT2D eigenvalue weighted by Crippen LogP contribution is -2.27. The van der Waals surface area contributed by atoms with Crippen molar-refractivity contribution in [2.24, 2.45) is 0 Å². The second-order valence-electron chi connectivity index (χ2n) is 4.72. The molecule has 0 bridgehead atoms. The molecule has 0 spiro atoms. The fraction of sp³-hybridized carbons (Fsp3) is 0.467. The average Bonchev–Trinajstić information content (AvgIpc) is 2.93. The van der Waals surface area contributed by atoms with Crippen LogP contribution in [0.4, 0.5) is 0 Å². The Morgan fingerprint density at radius 2 is 1.50 bits per heavy atom. The summed E-state index contributed by atoms with van der Waals surface area (Å²) in [7, 11) is 2.94. The van der Waals surface area contributed by atoms with Crippen molar-refractivity contribution < 1.29 is 23.8 Å². The molecule has 1 fully saturated rings. The Balaban J connectivity index is 2.00. The van der Waals surface area contributed by atoms with E-state index in [1.54, 1.807) is 31.4 Å². The van der Waals surface area contributed by atoms with Crippen molar-refractivity contribution in [1.29, 1.82) is 0 Å². The zero-order valence-electron chi connectivity index (χ0n) is 11.6. The van der Waals surface area contributed by atoms with Crippen molar-refractivity contribution in [3.63, 3.8) is 0 Å². The molecule has 1 aromatic carbocycles. The quantitative estimate of drug-likeness (QED) is 0.790. The summed E-state index contributed by atoms with van der Waals surface area (Å²) in [6, 6.07) is 6.21. The summed E-state index contributed by atoms with van der Waals surface area (Å²) in [5.74, 6) is -0.824. The molecule has 5 nitrogen and oxygen atoms in total. The summed E-state index contributed by atoms with van der Waals surface area (Å²) in [6.07, 6.45) is 2.53. The molecule has 1 aliphatic carbocycles. The lowest BCUT2D eigenvalue weighted by Gasteiger charge is -2.18. The number of hydrogen-bond acceptors (Lipinski definition) is 5. The Hall–Kier alpha value is -1.88. The Morgan fingerprint density at radius 1 is 0.950 bits per heavy atom. The van der Waals surface area contributed by atoms with Crippen LogP contribution in [0.25, 0.3) is 0 Å². The third-order valence-electron chi connectivity index (χ3n) is 3.49. The molecule has 0 aliphatic heterocycles. The molecule has 1 saturated carbocycles. The summed E-state index contributed by atoms with van der Waals surface area (Å²) in [6.45, 7) is 0. The molecule has 0 amide bonds. The van der Waals surface area contributed by atoms with Gasteiger partial charge in [-0.2, -0.15) is 0 Å². The van der Waals surface area contributed by atoms with Gasteiger partial charge < -0.3 is 14.2 Å². The molecule has 20 heavy (non-hydrogen) atoms. The Labute approximate surface area is 117 Å². The molecule has 2 rings (SSSR count). The van der Waals surface area contributed by atoms with E-state index < -0.39 is 11.9 Å². The Morgan fingerprint density at radius 3 is 2.05 bits per heavy atom. The zero-order chi connectivity index (χ0) is 14.5. The number of carbonyl (C=O) groups is 2. The van der Waals surface area contributed by atoms with Gasteiger partial charge in [0.05, 0.1) is 24.3 Å². The lowest BCUT2D eigenvalue weighted by molar-refractivity contribution is -0.0206. The minimum atomic E-state index is -0.430. The van der Waals surface area contributed by atoms with Crippen LogP contribution in [-0.4, -0.2) is 38.4 Å². The van der Waals surface area contributed by atoms with Crippen LogP contribution in [-0.2, 0) is 14.2 Å². The SMILES string of the molecule is COC(=O)c1ccc(C(=O)O[C@@H]2CCC[C@@H]2OC)cc1. The maximum Gasteiger partial charge on any atom is 0.338 e. The molecular weight excluding hydrogens is 260 g/mol. The van der Waals surface area contributed by atoms with Gasteiger partial charge in [0, 0.05) is 7.11 Å². The standard InChI is InChI=1S/C15H18O5/c1-18-12-4-3-5-13(12)20-15(17)11-8-6-10(7-9-11)14(16)19-2/h6-9,12-13H,3-5H2,1-2H3/t12-,13+/m0/s1. The normalized spacial score (nSPS) is 21.5. The molecule has 0 radical (unpaired) electrons. The molecular formula is C15H18O5. The molecule has 5 heteroatoms. The first-order valence-corrected chi connectivity index (χ1v) is 6.58. The average molecular weight is 278 g/mol. The number of ether oxygens (including phenoxy) is 3. The fourth-order valence-electron chi connectivity index (χ4n) is 2.36. The van der Waals surface area contributed by atoms with Gasteiger partial charge >= 0.3 is 11.9 Å². The molecule has 2 atom stereocenters. The predicted octanol–water partition coefficient (Wildman–Crippen LogP) is 2.20. The van der Waals surface area contributed by atoms with Gasteiger partial charge in [-0.25, -0.2) is 9.59 Å².